The molecular formula is C31H26BrN3O7S. The zero-order valence-electron chi connectivity index (χ0n) is 23.1. The lowest BCUT2D eigenvalue weighted by Crippen LogP contribution is -2.40. The predicted octanol–water partition coefficient (Wildman–Crippen LogP) is 3.86. The minimum atomic E-state index is -0.825. The van der Waals surface area contributed by atoms with Gasteiger partial charge in [-0.1, -0.05) is 47.7 Å². The second-order valence-electron chi connectivity index (χ2n) is 9.95. The number of halogens is 1. The molecule has 0 N–H and O–H groups in total. The molecule has 4 aromatic rings. The molecule has 220 valence electrons. The van der Waals surface area contributed by atoms with Crippen molar-refractivity contribution in [2.75, 3.05) is 44.6 Å². The quantitative estimate of drug-likeness (QED) is 0.287. The van der Waals surface area contributed by atoms with E-state index in [0.29, 0.717) is 70.0 Å². The molecule has 43 heavy (non-hydrogen) atoms. The lowest BCUT2D eigenvalue weighted by Gasteiger charge is -2.26. The maximum Gasteiger partial charge on any atom is 0.338 e. The molecule has 0 amide bonds. The number of ether oxygens (including phenoxy) is 4. The first-order chi connectivity index (χ1) is 21.0. The summed E-state index contributed by atoms with van der Waals surface area (Å²) >= 11 is 4.84. The molecule has 12 heteroatoms. The van der Waals surface area contributed by atoms with Gasteiger partial charge in [-0.05, 0) is 40.5 Å². The van der Waals surface area contributed by atoms with Crippen LogP contribution in [0.15, 0.2) is 78.8 Å². The second kappa shape index (κ2) is 11.5. The number of carbonyl (C=O) groups is 1. The van der Waals surface area contributed by atoms with Gasteiger partial charge >= 0.3 is 5.97 Å². The van der Waals surface area contributed by atoms with Gasteiger partial charge in [0.1, 0.15) is 5.76 Å². The van der Waals surface area contributed by atoms with Gasteiger partial charge in [0.05, 0.1) is 46.1 Å². The van der Waals surface area contributed by atoms with Crippen LogP contribution in [-0.4, -0.2) is 50.2 Å². The van der Waals surface area contributed by atoms with Crippen LogP contribution < -0.4 is 29.3 Å². The Bertz CT molecular complexity index is 1920. The lowest BCUT2D eigenvalue weighted by atomic mass is 9.93. The van der Waals surface area contributed by atoms with Crippen molar-refractivity contribution < 1.29 is 28.2 Å². The number of benzene rings is 2. The fourth-order valence-corrected chi connectivity index (χ4v) is 6.94. The Balaban J connectivity index is 1.43. The largest absolute Gasteiger partial charge is 0.463 e. The summed E-state index contributed by atoms with van der Waals surface area (Å²) in [5.74, 6) is 1.80. The Kier molecular flexibility index (Phi) is 7.41. The highest BCUT2D eigenvalue weighted by Gasteiger charge is 2.36. The van der Waals surface area contributed by atoms with Gasteiger partial charge in [0.15, 0.2) is 16.3 Å². The molecule has 2 aromatic carbocycles. The number of thiazole rings is 1. The normalized spacial score (nSPS) is 18.0. The van der Waals surface area contributed by atoms with Gasteiger partial charge in [-0.15, -0.1) is 0 Å². The van der Waals surface area contributed by atoms with Crippen LogP contribution in [0, 0.1) is 0 Å². The number of rotatable bonds is 6. The van der Waals surface area contributed by atoms with Crippen LogP contribution in [-0.2, 0) is 14.3 Å². The molecule has 2 aromatic heterocycles. The van der Waals surface area contributed by atoms with Crippen LogP contribution in [0.5, 0.6) is 11.5 Å². The Morgan fingerprint density at radius 1 is 1.12 bits per heavy atom. The zero-order chi connectivity index (χ0) is 29.5. The number of hydrogen-bond donors (Lipinski definition) is 0. The fraction of sp³-hybridized carbons (Fsp3) is 0.258. The molecule has 0 bridgehead atoms. The number of fused-ring (bicyclic) bond motifs is 2. The third-order valence-corrected chi connectivity index (χ3v) is 8.90. The van der Waals surface area contributed by atoms with E-state index in [1.165, 1.54) is 11.3 Å². The lowest BCUT2D eigenvalue weighted by molar-refractivity contribution is -0.138. The van der Waals surface area contributed by atoms with E-state index >= 15 is 0 Å². The summed E-state index contributed by atoms with van der Waals surface area (Å²) in [4.78, 5) is 35.3. The highest BCUT2D eigenvalue weighted by atomic mass is 79.9. The van der Waals surface area contributed by atoms with Crippen LogP contribution in [0.25, 0.3) is 11.8 Å². The number of morpholine rings is 1. The molecule has 3 aliphatic rings. The Labute approximate surface area is 258 Å². The minimum absolute atomic E-state index is 0.0997. The summed E-state index contributed by atoms with van der Waals surface area (Å²) < 4.78 is 31.1. The van der Waals surface area contributed by atoms with Crippen molar-refractivity contribution in [1.29, 1.82) is 0 Å². The van der Waals surface area contributed by atoms with Gasteiger partial charge in [0.2, 0.25) is 12.7 Å². The highest BCUT2D eigenvalue weighted by molar-refractivity contribution is 9.10. The highest BCUT2D eigenvalue weighted by Crippen LogP contribution is 2.40. The molecule has 3 aliphatic heterocycles. The van der Waals surface area contributed by atoms with Crippen molar-refractivity contribution in [2.24, 2.45) is 4.99 Å². The van der Waals surface area contributed by atoms with E-state index in [2.05, 4.69) is 20.8 Å². The number of hydrogen-bond acceptors (Lipinski definition) is 10. The van der Waals surface area contributed by atoms with Gasteiger partial charge in [-0.3, -0.25) is 9.36 Å². The molecule has 0 spiro atoms. The summed E-state index contributed by atoms with van der Waals surface area (Å²) in [5.41, 5.74) is 1.81. The third-order valence-electron chi connectivity index (χ3n) is 7.35. The zero-order valence-corrected chi connectivity index (χ0v) is 25.5. The third kappa shape index (κ3) is 5.09. The topological polar surface area (TPSA) is 105 Å². The molecule has 1 atom stereocenters. The average molecular weight is 665 g/mol. The van der Waals surface area contributed by atoms with Crippen molar-refractivity contribution in [3.05, 3.63) is 101 Å². The van der Waals surface area contributed by atoms with Crippen molar-refractivity contribution in [1.82, 2.24) is 4.57 Å². The first kappa shape index (κ1) is 27.7. The Morgan fingerprint density at radius 2 is 1.91 bits per heavy atom. The van der Waals surface area contributed by atoms with E-state index in [0.717, 1.165) is 10.0 Å². The first-order valence-electron chi connectivity index (χ1n) is 13.8. The first-order valence-corrected chi connectivity index (χ1v) is 15.4. The van der Waals surface area contributed by atoms with E-state index < -0.39 is 12.0 Å². The van der Waals surface area contributed by atoms with Gasteiger partial charge in [0, 0.05) is 30.8 Å². The number of carbonyl (C=O) groups excluding carboxylic acids is 1. The smallest absolute Gasteiger partial charge is 0.338 e. The number of furan rings is 1. The Hall–Kier alpha value is -4.13. The number of anilines is 1. The Morgan fingerprint density at radius 3 is 2.70 bits per heavy atom. The number of esters is 1. The van der Waals surface area contributed by atoms with Gasteiger partial charge in [0.25, 0.3) is 5.56 Å². The van der Waals surface area contributed by atoms with Crippen molar-refractivity contribution in [2.45, 2.75) is 13.0 Å². The van der Waals surface area contributed by atoms with E-state index in [-0.39, 0.29) is 24.5 Å². The molecule has 10 nitrogen and oxygen atoms in total. The van der Waals surface area contributed by atoms with E-state index in [1.807, 2.05) is 42.5 Å². The standard InChI is InChI=1S/C31H26BrN3O7S/c1-2-39-30(37)25-26(18-6-4-3-5-7-18)33-31-35(27(25)19-8-9-22-23(14-19)41-17-40-22)28(36)24(43-31)16-20-15-21(32)29(42-20)34-10-12-38-13-11-34/h3-9,14-16,27H,2,10-13,17H2,1H3. The van der Waals surface area contributed by atoms with Crippen LogP contribution in [0.2, 0.25) is 0 Å². The molecule has 0 saturated carbocycles. The maximum absolute atomic E-state index is 14.2. The molecule has 1 saturated heterocycles. The molecule has 1 fully saturated rings. The number of aromatic nitrogens is 1. The van der Waals surface area contributed by atoms with Crippen molar-refractivity contribution in [3.8, 4) is 11.5 Å². The molecular weight excluding hydrogens is 638 g/mol. The van der Waals surface area contributed by atoms with Crippen molar-refractivity contribution in [3.63, 3.8) is 0 Å². The summed E-state index contributed by atoms with van der Waals surface area (Å²) in [7, 11) is 0. The molecule has 1 unspecified atom stereocenters. The van der Waals surface area contributed by atoms with Crippen LogP contribution in [0.4, 0.5) is 5.88 Å². The predicted molar refractivity (Wildman–Crippen MR) is 163 cm³/mol. The van der Waals surface area contributed by atoms with Crippen LogP contribution in [0.1, 0.15) is 29.9 Å². The average Bonchev–Trinajstić information content (AvgIpc) is 3.74. The molecule has 7 rings (SSSR count). The van der Waals surface area contributed by atoms with Crippen LogP contribution in [0.3, 0.4) is 0 Å². The van der Waals surface area contributed by atoms with Gasteiger partial charge in [-0.25, -0.2) is 9.79 Å². The molecule has 0 aliphatic carbocycles. The summed E-state index contributed by atoms with van der Waals surface area (Å²) in [6.45, 7) is 4.67. The van der Waals surface area contributed by atoms with Crippen molar-refractivity contribution >= 4 is 50.9 Å². The number of nitrogens with zero attached hydrogens (tertiary/aromatic N) is 3. The summed E-state index contributed by atoms with van der Waals surface area (Å²) in [6.07, 6.45) is 1.71. The monoisotopic (exact) mass is 663 g/mol. The SMILES string of the molecule is CCOC(=O)C1=C(c2ccccc2)N=c2sc(=Cc3cc(Br)c(N4CCOCC4)o3)c(=O)n2C1c1ccc2c(c1)OCO2. The fourth-order valence-electron chi connectivity index (χ4n) is 5.40. The van der Waals surface area contributed by atoms with E-state index in [4.69, 9.17) is 28.4 Å². The molecule has 5 heterocycles. The second-order valence-corrected chi connectivity index (χ2v) is 11.8. The van der Waals surface area contributed by atoms with Crippen LogP contribution >= 0.6 is 27.3 Å². The summed E-state index contributed by atoms with van der Waals surface area (Å²) in [5, 5.41) is 0. The van der Waals surface area contributed by atoms with Gasteiger partial charge in [-0.2, -0.15) is 0 Å². The molecule has 0 radical (unpaired) electrons. The summed E-state index contributed by atoms with van der Waals surface area (Å²) in [6, 6.07) is 15.9. The van der Waals surface area contributed by atoms with E-state index in [1.54, 1.807) is 29.7 Å². The minimum Gasteiger partial charge on any atom is -0.463 e. The van der Waals surface area contributed by atoms with E-state index in [9.17, 15) is 9.59 Å². The maximum atomic E-state index is 14.2. The van der Waals surface area contributed by atoms with Gasteiger partial charge < -0.3 is 28.3 Å².